The molecule has 0 aliphatic carbocycles. The lowest BCUT2D eigenvalue weighted by molar-refractivity contribution is -0.0302. The molecule has 5 rings (SSSR count). The van der Waals surface area contributed by atoms with Gasteiger partial charge in [0, 0.05) is 42.4 Å². The van der Waals surface area contributed by atoms with E-state index >= 15 is 0 Å². The lowest BCUT2D eigenvalue weighted by Gasteiger charge is -2.25. The molecule has 2 heterocycles. The third-order valence-electron chi connectivity index (χ3n) is 8.42. The van der Waals surface area contributed by atoms with E-state index in [1.807, 2.05) is 20.8 Å². The van der Waals surface area contributed by atoms with Crippen LogP contribution in [0.15, 0.2) is 76.9 Å². The Morgan fingerprint density at radius 2 is 1.71 bits per heavy atom. The van der Waals surface area contributed by atoms with Crippen LogP contribution in [-0.2, 0) is 24.2 Å². The second-order valence-corrected chi connectivity index (χ2v) is 15.4. The number of hydrogen-bond donors (Lipinski definition) is 1. The maximum absolute atomic E-state index is 13.3. The zero-order valence-corrected chi connectivity index (χ0v) is 31.3. The third kappa shape index (κ3) is 8.92. The predicted molar refractivity (Wildman–Crippen MR) is 196 cm³/mol. The minimum Gasteiger partial charge on any atom is -0.457 e. The number of fused-ring (bicyclic) bond motifs is 2. The number of nitrogens with one attached hydrogen (secondary N) is 1. The van der Waals surface area contributed by atoms with E-state index in [9.17, 15) is 22.4 Å². The molecule has 1 N–H and O–H groups in total. The van der Waals surface area contributed by atoms with Crippen LogP contribution in [-0.4, -0.2) is 77.1 Å². The van der Waals surface area contributed by atoms with Crippen molar-refractivity contribution >= 4 is 38.7 Å². The summed E-state index contributed by atoms with van der Waals surface area (Å²) >= 11 is 0. The van der Waals surface area contributed by atoms with Crippen molar-refractivity contribution in [1.29, 1.82) is 0 Å². The van der Waals surface area contributed by atoms with Crippen LogP contribution < -0.4 is 14.4 Å². The number of carbonyl (C=O) groups excluding carboxylic acids is 2. The molecule has 0 bridgehead atoms. The summed E-state index contributed by atoms with van der Waals surface area (Å²) in [4.78, 5) is 27.6. The minimum absolute atomic E-state index is 0.141. The van der Waals surface area contributed by atoms with E-state index in [1.165, 1.54) is 40.5 Å². The molecule has 2 amide bonds. The number of hydrogen-bond acceptors (Lipinski definition) is 9. The molecule has 4 aromatic rings. The van der Waals surface area contributed by atoms with Crippen LogP contribution in [0.25, 0.3) is 22.3 Å². The van der Waals surface area contributed by atoms with Gasteiger partial charge in [0.05, 0.1) is 42.4 Å². The zero-order valence-electron chi connectivity index (χ0n) is 30.5. The van der Waals surface area contributed by atoms with E-state index in [1.54, 1.807) is 63.4 Å². The van der Waals surface area contributed by atoms with Gasteiger partial charge < -0.3 is 28.7 Å². The van der Waals surface area contributed by atoms with Gasteiger partial charge in [-0.3, -0.25) is 14.0 Å². The van der Waals surface area contributed by atoms with Gasteiger partial charge >= 0.3 is 6.09 Å². The van der Waals surface area contributed by atoms with Crippen molar-refractivity contribution in [3.05, 3.63) is 89.4 Å². The molecule has 3 aromatic carbocycles. The molecule has 0 saturated heterocycles. The van der Waals surface area contributed by atoms with E-state index in [0.29, 0.717) is 46.0 Å². The summed E-state index contributed by atoms with van der Waals surface area (Å²) in [6.07, 6.45) is 0.734. The van der Waals surface area contributed by atoms with Crippen LogP contribution in [0.1, 0.15) is 56.6 Å². The number of allylic oxidation sites excluding steroid dienone is 1. The third-order valence-corrected chi connectivity index (χ3v) is 9.57. The van der Waals surface area contributed by atoms with Gasteiger partial charge in [-0.2, -0.15) is 0 Å². The number of benzene rings is 3. The van der Waals surface area contributed by atoms with Gasteiger partial charge in [0.1, 0.15) is 41.4 Å². The molecular formula is C38H44FN3O9S. The quantitative estimate of drug-likeness (QED) is 0.177. The molecular weight excluding hydrogens is 693 g/mol. The highest BCUT2D eigenvalue weighted by molar-refractivity contribution is 7.92. The van der Waals surface area contributed by atoms with Crippen molar-refractivity contribution < 1.29 is 45.8 Å². The standard InChI is InChI=1S/C38H44FN3O9S/c1-23(17-18-48-38(3,4)5)41(7)37(44)47-22-29-21-42(52(8,45)46)32-20-33-31(19-30(32)24(2)49-29)34(36(43)40-6)35(51-33)25-9-13-27(14-10-25)50-28-15-11-26(39)12-16-28/h9-17,19-20,24,29H,18,21-22H2,1-8H3,(H,40,43)/b23-17+/t24-,29-/m0/s1. The Morgan fingerprint density at radius 1 is 1.08 bits per heavy atom. The number of ether oxygens (including phenoxy) is 4. The molecule has 0 fully saturated rings. The average Bonchev–Trinajstić information content (AvgIpc) is 3.39. The highest BCUT2D eigenvalue weighted by atomic mass is 32.2. The average molecular weight is 738 g/mol. The van der Waals surface area contributed by atoms with Gasteiger partial charge in [-0.15, -0.1) is 0 Å². The molecule has 0 spiro atoms. The molecule has 278 valence electrons. The Balaban J connectivity index is 1.42. The molecule has 0 unspecified atom stereocenters. The minimum atomic E-state index is -3.86. The number of carbonyl (C=O) groups is 2. The summed E-state index contributed by atoms with van der Waals surface area (Å²) in [5.74, 6) is 0.419. The van der Waals surface area contributed by atoms with Gasteiger partial charge in [-0.25, -0.2) is 17.6 Å². The normalized spacial score (nSPS) is 16.6. The van der Waals surface area contributed by atoms with Gasteiger partial charge in [-0.05, 0) is 95.3 Å². The summed E-state index contributed by atoms with van der Waals surface area (Å²) in [5, 5.41) is 3.12. The molecule has 1 aliphatic rings. The molecule has 12 nitrogen and oxygen atoms in total. The Kier molecular flexibility index (Phi) is 11.3. The van der Waals surface area contributed by atoms with Gasteiger partial charge in [-0.1, -0.05) is 0 Å². The van der Waals surface area contributed by atoms with E-state index in [2.05, 4.69) is 5.32 Å². The zero-order chi connectivity index (χ0) is 38.0. The Hall–Kier alpha value is -4.92. The lowest BCUT2D eigenvalue weighted by atomic mass is 10.0. The van der Waals surface area contributed by atoms with Gasteiger partial charge in [0.15, 0.2) is 0 Å². The van der Waals surface area contributed by atoms with Crippen molar-refractivity contribution in [2.45, 2.75) is 52.4 Å². The van der Waals surface area contributed by atoms with E-state index in [0.717, 1.165) is 6.26 Å². The molecule has 2 atom stereocenters. The smallest absolute Gasteiger partial charge is 0.413 e. The molecule has 1 aliphatic heterocycles. The molecule has 52 heavy (non-hydrogen) atoms. The fraction of sp³-hybridized carbons (Fsp3) is 0.368. The maximum Gasteiger partial charge on any atom is 0.413 e. The van der Waals surface area contributed by atoms with Crippen molar-refractivity contribution in [3.8, 4) is 22.8 Å². The number of amides is 2. The first-order valence-electron chi connectivity index (χ1n) is 16.7. The summed E-state index contributed by atoms with van der Waals surface area (Å²) in [6.45, 7) is 9.28. The maximum atomic E-state index is 13.3. The summed E-state index contributed by atoms with van der Waals surface area (Å²) in [6, 6.07) is 15.7. The van der Waals surface area contributed by atoms with Crippen molar-refractivity contribution in [2.24, 2.45) is 0 Å². The highest BCUT2D eigenvalue weighted by Crippen LogP contribution is 2.42. The van der Waals surface area contributed by atoms with Crippen LogP contribution in [0.2, 0.25) is 0 Å². The molecule has 14 heteroatoms. The van der Waals surface area contributed by atoms with Crippen molar-refractivity contribution in [2.75, 3.05) is 44.4 Å². The van der Waals surface area contributed by atoms with E-state index < -0.39 is 34.2 Å². The second kappa shape index (κ2) is 15.4. The monoisotopic (exact) mass is 737 g/mol. The fourth-order valence-electron chi connectivity index (χ4n) is 5.61. The van der Waals surface area contributed by atoms with Gasteiger partial charge in [0.25, 0.3) is 5.91 Å². The van der Waals surface area contributed by atoms with E-state index in [4.69, 9.17) is 23.4 Å². The van der Waals surface area contributed by atoms with Crippen LogP contribution in [0, 0.1) is 5.82 Å². The molecule has 0 radical (unpaired) electrons. The summed E-state index contributed by atoms with van der Waals surface area (Å²) in [5.41, 5.74) is 2.21. The summed E-state index contributed by atoms with van der Waals surface area (Å²) in [7, 11) is -0.785. The number of halogens is 1. The largest absolute Gasteiger partial charge is 0.457 e. The molecule has 1 aromatic heterocycles. The topological polar surface area (TPSA) is 137 Å². The second-order valence-electron chi connectivity index (χ2n) is 13.5. The van der Waals surface area contributed by atoms with Crippen LogP contribution in [0.3, 0.4) is 0 Å². The highest BCUT2D eigenvalue weighted by Gasteiger charge is 2.34. The van der Waals surface area contributed by atoms with Crippen molar-refractivity contribution in [3.63, 3.8) is 0 Å². The number of nitrogens with zero attached hydrogens (tertiary/aromatic N) is 2. The number of rotatable bonds is 10. The van der Waals surface area contributed by atoms with Crippen molar-refractivity contribution in [1.82, 2.24) is 10.2 Å². The fourth-order valence-corrected chi connectivity index (χ4v) is 6.56. The van der Waals surface area contributed by atoms with Crippen LogP contribution in [0.4, 0.5) is 14.9 Å². The Morgan fingerprint density at radius 3 is 2.31 bits per heavy atom. The first-order chi connectivity index (χ1) is 24.4. The first kappa shape index (κ1) is 38.3. The number of furan rings is 1. The SMILES string of the molecule is CNC(=O)c1c(-c2ccc(Oc3ccc(F)cc3)cc2)oc2cc3c(cc12)[C@H](C)O[C@H](COC(=O)N(C)/C(C)=C/COC(C)(C)C)CN3S(C)(=O)=O. The summed E-state index contributed by atoms with van der Waals surface area (Å²) < 4.78 is 70.7. The van der Waals surface area contributed by atoms with E-state index in [-0.39, 0.29) is 41.5 Å². The van der Waals surface area contributed by atoms with Crippen LogP contribution >= 0.6 is 0 Å². The Labute approximate surface area is 303 Å². The predicted octanol–water partition coefficient (Wildman–Crippen LogP) is 7.40. The lowest BCUT2D eigenvalue weighted by Crippen LogP contribution is -2.40. The number of anilines is 1. The van der Waals surface area contributed by atoms with Gasteiger partial charge in [0.2, 0.25) is 10.0 Å². The van der Waals surface area contributed by atoms with Crippen LogP contribution in [0.5, 0.6) is 11.5 Å². The first-order valence-corrected chi connectivity index (χ1v) is 18.5. The Bertz CT molecular complexity index is 2070. The molecule has 0 saturated carbocycles. The number of sulfonamides is 1.